The third-order valence-corrected chi connectivity index (χ3v) is 5.34. The van der Waals surface area contributed by atoms with E-state index in [9.17, 15) is 4.79 Å². The minimum atomic E-state index is -0.461. The largest absolute Gasteiger partial charge is 0.496 e. The summed E-state index contributed by atoms with van der Waals surface area (Å²) in [4.78, 5) is 16.0. The number of halogens is 1. The van der Waals surface area contributed by atoms with Gasteiger partial charge in [0.25, 0.3) is 0 Å². The molecule has 0 fully saturated rings. The van der Waals surface area contributed by atoms with Crippen molar-refractivity contribution in [1.82, 2.24) is 4.98 Å². The van der Waals surface area contributed by atoms with Gasteiger partial charge < -0.3 is 9.47 Å². The molecule has 4 nitrogen and oxygen atoms in total. The third-order valence-electron chi connectivity index (χ3n) is 2.72. The molecule has 0 aliphatic rings. The van der Waals surface area contributed by atoms with Gasteiger partial charge in [-0.15, -0.1) is 0 Å². The predicted octanol–water partition coefficient (Wildman–Crippen LogP) is 4.19. The summed E-state index contributed by atoms with van der Waals surface area (Å²) in [5, 5.41) is 0.186. The number of benzene rings is 1. The van der Waals surface area contributed by atoms with Crippen LogP contribution < -0.4 is 4.74 Å². The second-order valence-corrected chi connectivity index (χ2v) is 6.77. The molecule has 0 amide bonds. The monoisotopic (exact) mass is 343 g/mol. The van der Waals surface area contributed by atoms with E-state index >= 15 is 0 Å². The minimum absolute atomic E-state index is 0.186. The van der Waals surface area contributed by atoms with Crippen LogP contribution in [-0.4, -0.2) is 25.2 Å². The molecule has 21 heavy (non-hydrogen) atoms. The molecule has 0 aliphatic carbocycles. The predicted molar refractivity (Wildman–Crippen MR) is 85.8 cm³/mol. The molecule has 0 spiro atoms. The van der Waals surface area contributed by atoms with Gasteiger partial charge in [-0.3, -0.25) is 0 Å². The molecule has 1 heterocycles. The molecule has 7 heteroatoms. The van der Waals surface area contributed by atoms with E-state index in [-0.39, 0.29) is 5.15 Å². The Hall–Kier alpha value is -1.24. The third kappa shape index (κ3) is 3.90. The van der Waals surface area contributed by atoms with E-state index in [0.717, 1.165) is 15.7 Å². The van der Waals surface area contributed by atoms with Crippen molar-refractivity contribution in [3.63, 3.8) is 0 Å². The van der Waals surface area contributed by atoms with E-state index in [2.05, 4.69) is 15.8 Å². The number of thioether (sulfide) groups is 1. The highest BCUT2D eigenvalue weighted by molar-refractivity contribution is 8.00. The minimum Gasteiger partial charge on any atom is -0.496 e. The average molecular weight is 344 g/mol. The first-order chi connectivity index (χ1) is 10.0. The summed E-state index contributed by atoms with van der Waals surface area (Å²) in [6, 6.07) is 6.02. The fourth-order valence-electron chi connectivity index (χ4n) is 1.72. The summed E-state index contributed by atoms with van der Waals surface area (Å²) in [6.45, 7) is 2.03. The second kappa shape index (κ2) is 7.15. The Morgan fingerprint density at radius 2 is 2.19 bits per heavy atom. The molecular weight excluding hydrogens is 330 g/mol. The van der Waals surface area contributed by atoms with Gasteiger partial charge in [0.2, 0.25) is 0 Å². The Bertz CT molecular complexity index is 658. The van der Waals surface area contributed by atoms with Crippen LogP contribution in [0.2, 0.25) is 5.15 Å². The molecule has 0 saturated carbocycles. The van der Waals surface area contributed by atoms with Gasteiger partial charge in [0.15, 0.2) is 14.4 Å². The van der Waals surface area contributed by atoms with Crippen molar-refractivity contribution >= 4 is 40.7 Å². The van der Waals surface area contributed by atoms with Crippen LogP contribution in [-0.2, 0) is 10.5 Å². The van der Waals surface area contributed by atoms with Gasteiger partial charge in [0.05, 0.1) is 14.2 Å². The summed E-state index contributed by atoms with van der Waals surface area (Å²) < 4.78 is 10.7. The molecule has 2 rings (SSSR count). The maximum Gasteiger partial charge on any atom is 0.351 e. The van der Waals surface area contributed by atoms with Crippen LogP contribution in [0.25, 0.3) is 0 Å². The lowest BCUT2D eigenvalue weighted by molar-refractivity contribution is 0.0606. The van der Waals surface area contributed by atoms with Crippen molar-refractivity contribution in [2.24, 2.45) is 0 Å². The lowest BCUT2D eigenvalue weighted by atomic mass is 10.1. The Labute approximate surface area is 136 Å². The lowest BCUT2D eigenvalue weighted by Crippen LogP contribution is -1.98. The topological polar surface area (TPSA) is 48.4 Å². The number of hydrogen-bond donors (Lipinski definition) is 0. The number of rotatable bonds is 5. The van der Waals surface area contributed by atoms with Gasteiger partial charge in [-0.25, -0.2) is 9.78 Å². The molecular formula is C14H14ClNO3S2. The van der Waals surface area contributed by atoms with E-state index in [1.54, 1.807) is 7.11 Å². The molecule has 0 radical (unpaired) electrons. The molecule has 1 aromatic carbocycles. The van der Waals surface area contributed by atoms with Gasteiger partial charge >= 0.3 is 5.97 Å². The molecule has 0 aliphatic heterocycles. The van der Waals surface area contributed by atoms with Crippen molar-refractivity contribution in [3.8, 4) is 5.75 Å². The molecule has 112 valence electrons. The van der Waals surface area contributed by atoms with E-state index in [4.69, 9.17) is 16.3 Å². The summed E-state index contributed by atoms with van der Waals surface area (Å²) in [6.07, 6.45) is 0. The normalized spacial score (nSPS) is 10.5. The quantitative estimate of drug-likeness (QED) is 0.601. The smallest absolute Gasteiger partial charge is 0.351 e. The fraction of sp³-hybridized carbons (Fsp3) is 0.286. The van der Waals surface area contributed by atoms with Crippen LogP contribution in [0, 0.1) is 6.92 Å². The Morgan fingerprint density at radius 3 is 2.86 bits per heavy atom. The lowest BCUT2D eigenvalue weighted by Gasteiger charge is -2.08. The van der Waals surface area contributed by atoms with Crippen LogP contribution in [0.4, 0.5) is 0 Å². The van der Waals surface area contributed by atoms with Gasteiger partial charge in [0, 0.05) is 11.3 Å². The number of hydrogen-bond acceptors (Lipinski definition) is 6. The fourth-order valence-corrected chi connectivity index (χ4v) is 4.03. The summed E-state index contributed by atoms with van der Waals surface area (Å²) in [5.41, 5.74) is 2.24. The van der Waals surface area contributed by atoms with E-state index in [1.165, 1.54) is 35.8 Å². The first kappa shape index (κ1) is 16.1. The van der Waals surface area contributed by atoms with Crippen LogP contribution in [0.1, 0.15) is 20.8 Å². The highest BCUT2D eigenvalue weighted by atomic mass is 35.5. The maximum atomic E-state index is 11.5. The van der Waals surface area contributed by atoms with Crippen LogP contribution in [0.15, 0.2) is 22.5 Å². The molecule has 0 unspecified atom stereocenters. The number of ether oxygens (including phenoxy) is 2. The van der Waals surface area contributed by atoms with Gasteiger partial charge in [-0.1, -0.05) is 52.4 Å². The van der Waals surface area contributed by atoms with Crippen molar-refractivity contribution in [1.29, 1.82) is 0 Å². The van der Waals surface area contributed by atoms with Crippen LogP contribution in [0.5, 0.6) is 5.75 Å². The number of esters is 1. The highest BCUT2D eigenvalue weighted by Crippen LogP contribution is 2.34. The van der Waals surface area contributed by atoms with E-state index < -0.39 is 5.97 Å². The SMILES string of the molecule is COC(=O)c1sc(SCc2cc(C)ccc2OC)nc1Cl. The summed E-state index contributed by atoms with van der Waals surface area (Å²) >= 11 is 8.69. The zero-order valence-corrected chi connectivity index (χ0v) is 14.2. The van der Waals surface area contributed by atoms with Gasteiger partial charge in [-0.2, -0.15) is 0 Å². The molecule has 0 N–H and O–H groups in total. The molecule has 2 aromatic rings. The number of carbonyl (C=O) groups excluding carboxylic acids is 1. The summed E-state index contributed by atoms with van der Waals surface area (Å²) in [5.74, 6) is 1.07. The first-order valence-electron chi connectivity index (χ1n) is 6.06. The average Bonchev–Trinajstić information content (AvgIpc) is 2.85. The zero-order valence-electron chi connectivity index (χ0n) is 11.8. The zero-order chi connectivity index (χ0) is 15.4. The van der Waals surface area contributed by atoms with Crippen LogP contribution in [0.3, 0.4) is 0 Å². The van der Waals surface area contributed by atoms with Crippen LogP contribution >= 0.6 is 34.7 Å². The van der Waals surface area contributed by atoms with Crippen molar-refractivity contribution in [2.45, 2.75) is 17.0 Å². The molecule has 0 atom stereocenters. The standard InChI is InChI=1S/C14H14ClNO3S2/c1-8-4-5-10(18-2)9(6-8)7-20-14-16-12(15)11(21-14)13(17)19-3/h4-6H,7H2,1-3H3. The molecule has 1 aromatic heterocycles. The highest BCUT2D eigenvalue weighted by Gasteiger charge is 2.17. The number of methoxy groups -OCH3 is 2. The van der Waals surface area contributed by atoms with E-state index in [0.29, 0.717) is 10.6 Å². The van der Waals surface area contributed by atoms with Crippen molar-refractivity contribution < 1.29 is 14.3 Å². The Morgan fingerprint density at radius 1 is 1.43 bits per heavy atom. The number of aromatic nitrogens is 1. The number of thiazole rings is 1. The van der Waals surface area contributed by atoms with E-state index in [1.807, 2.05) is 19.1 Å². The number of nitrogens with zero attached hydrogens (tertiary/aromatic N) is 1. The number of aryl methyl sites for hydroxylation is 1. The second-order valence-electron chi connectivity index (χ2n) is 4.20. The summed E-state index contributed by atoms with van der Waals surface area (Å²) in [7, 11) is 2.97. The Balaban J connectivity index is 2.13. The number of carbonyl (C=O) groups is 1. The van der Waals surface area contributed by atoms with Gasteiger partial charge in [-0.05, 0) is 13.0 Å². The molecule has 0 bridgehead atoms. The maximum absolute atomic E-state index is 11.5. The first-order valence-corrected chi connectivity index (χ1v) is 8.24. The van der Waals surface area contributed by atoms with Crippen molar-refractivity contribution in [2.75, 3.05) is 14.2 Å². The van der Waals surface area contributed by atoms with Gasteiger partial charge in [0.1, 0.15) is 5.75 Å². The molecule has 0 saturated heterocycles. The van der Waals surface area contributed by atoms with Crippen molar-refractivity contribution in [3.05, 3.63) is 39.4 Å². The Kier molecular flexibility index (Phi) is 5.50.